The highest BCUT2D eigenvalue weighted by atomic mass is 32.2. The summed E-state index contributed by atoms with van der Waals surface area (Å²) in [7, 11) is -3.82. The fourth-order valence-corrected chi connectivity index (χ4v) is 4.60. The molecule has 1 aromatic carbocycles. The van der Waals surface area contributed by atoms with Crippen LogP contribution in [0.5, 0.6) is 5.75 Å². The van der Waals surface area contributed by atoms with Crippen molar-refractivity contribution in [2.24, 2.45) is 5.92 Å². The zero-order valence-corrected chi connectivity index (χ0v) is 17.4. The summed E-state index contributed by atoms with van der Waals surface area (Å²) in [5.74, 6) is -0.631. The van der Waals surface area contributed by atoms with Crippen molar-refractivity contribution in [3.8, 4) is 5.75 Å². The highest BCUT2D eigenvalue weighted by molar-refractivity contribution is 7.89. The third-order valence-electron chi connectivity index (χ3n) is 4.41. The zero-order valence-electron chi connectivity index (χ0n) is 16.6. The van der Waals surface area contributed by atoms with E-state index in [1.165, 1.54) is 16.4 Å². The Morgan fingerprint density at radius 3 is 2.34 bits per heavy atom. The lowest BCUT2D eigenvalue weighted by atomic mass is 10.1. The predicted molar refractivity (Wildman–Crippen MR) is 103 cm³/mol. The molecule has 1 aliphatic rings. The van der Waals surface area contributed by atoms with Gasteiger partial charge in [-0.3, -0.25) is 4.79 Å². The molecule has 0 aromatic heterocycles. The van der Waals surface area contributed by atoms with Crippen LogP contribution in [0.3, 0.4) is 0 Å². The van der Waals surface area contributed by atoms with Crippen molar-refractivity contribution in [1.29, 1.82) is 0 Å². The second-order valence-corrected chi connectivity index (χ2v) is 9.46. The van der Waals surface area contributed by atoms with Crippen LogP contribution < -0.4 is 10.1 Å². The van der Waals surface area contributed by atoms with Gasteiger partial charge in [0.05, 0.1) is 10.6 Å². The number of nitrogens with zero attached hydrogens (tertiary/aromatic N) is 1. The maximum absolute atomic E-state index is 13.0. The van der Waals surface area contributed by atoms with Gasteiger partial charge in [0.2, 0.25) is 15.9 Å². The van der Waals surface area contributed by atoms with Gasteiger partial charge in [-0.2, -0.15) is 17.5 Å². The molecule has 2 rings (SSSR count). The molecule has 1 N–H and O–H groups in total. The number of amides is 1. The number of ether oxygens (including phenoxy) is 1. The highest BCUT2D eigenvalue weighted by Crippen LogP contribution is 2.31. The van der Waals surface area contributed by atoms with E-state index in [0.29, 0.717) is 13.1 Å². The van der Waals surface area contributed by atoms with Gasteiger partial charge < -0.3 is 10.1 Å². The van der Waals surface area contributed by atoms with Crippen LogP contribution >= 0.6 is 0 Å². The first-order valence-electron chi connectivity index (χ1n) is 9.62. The van der Waals surface area contributed by atoms with Crippen molar-refractivity contribution in [2.75, 3.05) is 25.0 Å². The summed E-state index contributed by atoms with van der Waals surface area (Å²) in [4.78, 5) is 12.1. The second kappa shape index (κ2) is 9.80. The lowest BCUT2D eigenvalue weighted by Crippen LogP contribution is -2.32. The van der Waals surface area contributed by atoms with E-state index in [1.807, 2.05) is 13.8 Å². The molecule has 6 nitrogen and oxygen atoms in total. The van der Waals surface area contributed by atoms with Crippen molar-refractivity contribution in [3.63, 3.8) is 0 Å². The number of halogens is 3. The van der Waals surface area contributed by atoms with Gasteiger partial charge in [-0.15, -0.1) is 0 Å². The fraction of sp³-hybridized carbons (Fsp3) is 0.632. The van der Waals surface area contributed by atoms with E-state index in [-0.39, 0.29) is 28.7 Å². The Morgan fingerprint density at radius 1 is 1.17 bits per heavy atom. The Bertz CT molecular complexity index is 802. The molecule has 29 heavy (non-hydrogen) atoms. The number of benzene rings is 1. The minimum atomic E-state index is -4.56. The molecule has 0 bridgehead atoms. The third-order valence-corrected chi connectivity index (χ3v) is 6.31. The van der Waals surface area contributed by atoms with Crippen LogP contribution in [-0.2, 0) is 14.8 Å². The van der Waals surface area contributed by atoms with Gasteiger partial charge in [0.15, 0.2) is 6.61 Å². The van der Waals surface area contributed by atoms with Gasteiger partial charge in [0, 0.05) is 19.5 Å². The van der Waals surface area contributed by atoms with Crippen molar-refractivity contribution >= 4 is 21.6 Å². The average molecular weight is 436 g/mol. The number of nitrogens with one attached hydrogen (secondary N) is 1. The van der Waals surface area contributed by atoms with Crippen molar-refractivity contribution < 1.29 is 31.1 Å². The molecule has 1 saturated heterocycles. The maximum Gasteiger partial charge on any atom is 0.422 e. The van der Waals surface area contributed by atoms with E-state index in [2.05, 4.69) is 5.32 Å². The molecule has 0 unspecified atom stereocenters. The van der Waals surface area contributed by atoms with Crippen LogP contribution in [0.4, 0.5) is 18.9 Å². The lowest BCUT2D eigenvalue weighted by Gasteiger charge is -2.21. The van der Waals surface area contributed by atoms with Gasteiger partial charge in [0.25, 0.3) is 0 Å². The van der Waals surface area contributed by atoms with Crippen molar-refractivity contribution in [2.45, 2.75) is 57.0 Å². The molecule has 1 aliphatic heterocycles. The largest absolute Gasteiger partial charge is 0.482 e. The average Bonchev–Trinajstić information content (AvgIpc) is 2.89. The molecule has 0 aliphatic carbocycles. The Kier molecular flexibility index (Phi) is 7.93. The molecule has 0 saturated carbocycles. The predicted octanol–water partition coefficient (Wildman–Crippen LogP) is 4.18. The van der Waals surface area contributed by atoms with Gasteiger partial charge in [-0.05, 0) is 37.0 Å². The minimum Gasteiger partial charge on any atom is -0.482 e. The number of rotatable bonds is 7. The molecule has 0 spiro atoms. The van der Waals surface area contributed by atoms with Crippen LogP contribution in [0.2, 0.25) is 0 Å². The smallest absolute Gasteiger partial charge is 0.422 e. The molecule has 0 atom stereocenters. The van der Waals surface area contributed by atoms with Crippen LogP contribution in [-0.4, -0.2) is 44.5 Å². The van der Waals surface area contributed by atoms with E-state index in [4.69, 9.17) is 4.74 Å². The van der Waals surface area contributed by atoms with Crippen LogP contribution in [0.25, 0.3) is 0 Å². The normalized spacial score (nSPS) is 16.5. The Balaban J connectivity index is 2.33. The first-order chi connectivity index (χ1) is 13.5. The summed E-state index contributed by atoms with van der Waals surface area (Å²) < 4.78 is 69.8. The quantitative estimate of drug-likeness (QED) is 0.696. The second-order valence-electron chi connectivity index (χ2n) is 7.53. The number of anilines is 1. The van der Waals surface area contributed by atoms with Crippen LogP contribution in [0.15, 0.2) is 23.1 Å². The molecule has 1 fully saturated rings. The van der Waals surface area contributed by atoms with Gasteiger partial charge in [-0.1, -0.05) is 26.7 Å². The number of carbonyl (C=O) groups excluding carboxylic acids is 1. The maximum atomic E-state index is 13.0. The molecule has 0 radical (unpaired) electrons. The lowest BCUT2D eigenvalue weighted by molar-refractivity contribution is -0.153. The molecular formula is C19H27F3N2O4S. The topological polar surface area (TPSA) is 75.7 Å². The molecule has 1 heterocycles. The first-order valence-corrected chi connectivity index (χ1v) is 11.1. The summed E-state index contributed by atoms with van der Waals surface area (Å²) in [6.07, 6.45) is -1.01. The van der Waals surface area contributed by atoms with E-state index in [0.717, 1.165) is 31.7 Å². The van der Waals surface area contributed by atoms with Crippen molar-refractivity contribution in [1.82, 2.24) is 4.31 Å². The van der Waals surface area contributed by atoms with E-state index >= 15 is 0 Å². The monoisotopic (exact) mass is 436 g/mol. The van der Waals surface area contributed by atoms with E-state index < -0.39 is 28.7 Å². The van der Waals surface area contributed by atoms with Crippen LogP contribution in [0, 0.1) is 5.92 Å². The van der Waals surface area contributed by atoms with Gasteiger partial charge in [-0.25, -0.2) is 8.42 Å². The van der Waals surface area contributed by atoms with Gasteiger partial charge >= 0.3 is 6.18 Å². The van der Waals surface area contributed by atoms with Crippen LogP contribution in [0.1, 0.15) is 46.0 Å². The van der Waals surface area contributed by atoms with Crippen molar-refractivity contribution in [3.05, 3.63) is 18.2 Å². The number of carbonyl (C=O) groups is 1. The standard InChI is InChI=1S/C19H27F3N2O4S/c1-14(2)11-18(25)23-16-12-15(7-8-17(16)28-13-19(20,21)22)29(26,27)24-9-5-3-4-6-10-24/h7-8,12,14H,3-6,9-11,13H2,1-2H3,(H,23,25). The number of alkyl halides is 3. The van der Waals surface area contributed by atoms with E-state index in [9.17, 15) is 26.4 Å². The van der Waals surface area contributed by atoms with E-state index in [1.54, 1.807) is 0 Å². The number of sulfonamides is 1. The molecule has 164 valence electrons. The minimum absolute atomic E-state index is 0.0264. The molecular weight excluding hydrogens is 409 g/mol. The number of hydrogen-bond acceptors (Lipinski definition) is 4. The highest BCUT2D eigenvalue weighted by Gasteiger charge is 2.30. The molecule has 10 heteroatoms. The Morgan fingerprint density at radius 2 is 1.79 bits per heavy atom. The zero-order chi connectivity index (χ0) is 21.7. The number of hydrogen-bond donors (Lipinski definition) is 1. The fourth-order valence-electron chi connectivity index (χ4n) is 3.06. The third kappa shape index (κ3) is 7.18. The molecule has 1 aromatic rings. The SMILES string of the molecule is CC(C)CC(=O)Nc1cc(S(=O)(=O)N2CCCCCC2)ccc1OCC(F)(F)F. The Labute approximate surface area is 169 Å². The van der Waals surface area contributed by atoms with Gasteiger partial charge in [0.1, 0.15) is 5.75 Å². The summed E-state index contributed by atoms with van der Waals surface area (Å²) in [6.45, 7) is 2.88. The summed E-state index contributed by atoms with van der Waals surface area (Å²) in [6, 6.07) is 3.54. The summed E-state index contributed by atoms with van der Waals surface area (Å²) in [5.41, 5.74) is -0.0872. The first kappa shape index (κ1) is 23.5. The molecule has 1 amide bonds. The summed E-state index contributed by atoms with van der Waals surface area (Å²) in [5, 5.41) is 2.49. The Hall–Kier alpha value is -1.81. The summed E-state index contributed by atoms with van der Waals surface area (Å²) >= 11 is 0.